The third kappa shape index (κ3) is 1.65. The molecule has 1 heterocycles. The van der Waals surface area contributed by atoms with Crippen LogP contribution in [0.15, 0.2) is 36.5 Å². The first-order valence-electron chi connectivity index (χ1n) is 5.14. The Balaban J connectivity index is 1.93. The zero-order valence-corrected chi connectivity index (χ0v) is 8.23. The highest BCUT2D eigenvalue weighted by molar-refractivity contribution is 5.58. The Morgan fingerprint density at radius 3 is 2.53 bits per heavy atom. The van der Waals surface area contributed by atoms with Crippen LogP contribution in [0.3, 0.4) is 0 Å². The molecule has 1 aromatic heterocycles. The van der Waals surface area contributed by atoms with Crippen molar-refractivity contribution in [2.24, 2.45) is 0 Å². The van der Waals surface area contributed by atoms with Gasteiger partial charge in [-0.3, -0.25) is 4.68 Å². The standard InChI is InChI=1S/C12H11FN2/c13-10-3-1-9(2-4-10)12-7-8-15(14-12)11-5-6-11/h1-4,7-8,11H,5-6H2. The molecule has 76 valence electrons. The molecule has 0 spiro atoms. The molecule has 0 atom stereocenters. The summed E-state index contributed by atoms with van der Waals surface area (Å²) in [5.41, 5.74) is 1.89. The van der Waals surface area contributed by atoms with Crippen molar-refractivity contribution in [3.63, 3.8) is 0 Å². The first kappa shape index (κ1) is 8.65. The number of nitrogens with zero attached hydrogens (tertiary/aromatic N) is 2. The van der Waals surface area contributed by atoms with E-state index in [1.54, 1.807) is 12.1 Å². The maximum atomic E-state index is 12.7. The third-order valence-electron chi connectivity index (χ3n) is 2.67. The molecule has 0 aliphatic heterocycles. The van der Waals surface area contributed by atoms with Crippen LogP contribution in [0.2, 0.25) is 0 Å². The lowest BCUT2D eigenvalue weighted by molar-refractivity contribution is 0.627. The predicted octanol–water partition coefficient (Wildman–Crippen LogP) is 3.02. The molecule has 0 saturated heterocycles. The Morgan fingerprint density at radius 1 is 1.13 bits per heavy atom. The molecule has 0 bridgehead atoms. The van der Waals surface area contributed by atoms with Gasteiger partial charge in [-0.2, -0.15) is 5.10 Å². The average molecular weight is 202 g/mol. The average Bonchev–Trinajstić information content (AvgIpc) is 2.99. The lowest BCUT2D eigenvalue weighted by Crippen LogP contribution is -1.93. The highest BCUT2D eigenvalue weighted by atomic mass is 19.1. The molecule has 1 saturated carbocycles. The minimum atomic E-state index is -0.208. The van der Waals surface area contributed by atoms with Crippen LogP contribution in [0, 0.1) is 5.82 Å². The summed E-state index contributed by atoms with van der Waals surface area (Å²) < 4.78 is 14.7. The van der Waals surface area contributed by atoms with Crippen molar-refractivity contribution in [1.82, 2.24) is 9.78 Å². The Bertz CT molecular complexity index is 469. The van der Waals surface area contributed by atoms with E-state index in [9.17, 15) is 4.39 Å². The van der Waals surface area contributed by atoms with Gasteiger partial charge in [-0.15, -0.1) is 0 Å². The number of halogens is 1. The van der Waals surface area contributed by atoms with E-state index in [4.69, 9.17) is 0 Å². The van der Waals surface area contributed by atoms with Crippen LogP contribution in [-0.2, 0) is 0 Å². The van der Waals surface area contributed by atoms with E-state index in [2.05, 4.69) is 5.10 Å². The minimum Gasteiger partial charge on any atom is -0.269 e. The van der Waals surface area contributed by atoms with Crippen LogP contribution < -0.4 is 0 Å². The van der Waals surface area contributed by atoms with Gasteiger partial charge in [-0.05, 0) is 43.2 Å². The summed E-state index contributed by atoms with van der Waals surface area (Å²) in [5, 5.41) is 4.47. The van der Waals surface area contributed by atoms with E-state index >= 15 is 0 Å². The van der Waals surface area contributed by atoms with E-state index < -0.39 is 0 Å². The molecule has 1 aliphatic rings. The fraction of sp³-hybridized carbons (Fsp3) is 0.250. The molecule has 0 N–H and O–H groups in total. The van der Waals surface area contributed by atoms with Crippen LogP contribution in [0.5, 0.6) is 0 Å². The van der Waals surface area contributed by atoms with Crippen molar-refractivity contribution in [3.05, 3.63) is 42.3 Å². The Morgan fingerprint density at radius 2 is 1.87 bits per heavy atom. The van der Waals surface area contributed by atoms with Crippen LogP contribution in [0.1, 0.15) is 18.9 Å². The fourth-order valence-electron chi connectivity index (χ4n) is 1.66. The van der Waals surface area contributed by atoms with Gasteiger partial charge in [0.2, 0.25) is 0 Å². The van der Waals surface area contributed by atoms with Gasteiger partial charge >= 0.3 is 0 Å². The molecule has 0 radical (unpaired) electrons. The molecule has 3 rings (SSSR count). The molecule has 1 aromatic carbocycles. The predicted molar refractivity (Wildman–Crippen MR) is 55.9 cm³/mol. The summed E-state index contributed by atoms with van der Waals surface area (Å²) in [7, 11) is 0. The summed E-state index contributed by atoms with van der Waals surface area (Å²) in [6.45, 7) is 0. The molecule has 1 fully saturated rings. The van der Waals surface area contributed by atoms with E-state index in [0.717, 1.165) is 11.3 Å². The van der Waals surface area contributed by atoms with Crippen LogP contribution in [0.25, 0.3) is 11.3 Å². The molecule has 0 amide bonds. The highest BCUT2D eigenvalue weighted by Crippen LogP contribution is 2.34. The summed E-state index contributed by atoms with van der Waals surface area (Å²) in [6.07, 6.45) is 4.45. The normalized spacial score (nSPS) is 15.5. The first-order valence-corrected chi connectivity index (χ1v) is 5.14. The summed E-state index contributed by atoms with van der Waals surface area (Å²) in [5.74, 6) is -0.208. The van der Waals surface area contributed by atoms with E-state index in [-0.39, 0.29) is 5.82 Å². The van der Waals surface area contributed by atoms with Crippen molar-refractivity contribution in [3.8, 4) is 11.3 Å². The molecule has 0 unspecified atom stereocenters. The van der Waals surface area contributed by atoms with Crippen LogP contribution >= 0.6 is 0 Å². The third-order valence-corrected chi connectivity index (χ3v) is 2.67. The maximum Gasteiger partial charge on any atom is 0.123 e. The summed E-state index contributed by atoms with van der Waals surface area (Å²) in [4.78, 5) is 0. The lowest BCUT2D eigenvalue weighted by Gasteiger charge is -1.97. The van der Waals surface area contributed by atoms with E-state index in [1.807, 2.05) is 16.9 Å². The van der Waals surface area contributed by atoms with Gasteiger partial charge in [0.15, 0.2) is 0 Å². The van der Waals surface area contributed by atoms with Gasteiger partial charge in [-0.1, -0.05) is 0 Å². The van der Waals surface area contributed by atoms with Crippen molar-refractivity contribution in [2.75, 3.05) is 0 Å². The van der Waals surface area contributed by atoms with E-state index in [1.165, 1.54) is 25.0 Å². The quantitative estimate of drug-likeness (QED) is 0.731. The van der Waals surface area contributed by atoms with E-state index in [0.29, 0.717) is 6.04 Å². The number of rotatable bonds is 2. The SMILES string of the molecule is Fc1ccc(-c2ccn(C3CC3)n2)cc1. The molecule has 2 nitrogen and oxygen atoms in total. The van der Waals surface area contributed by atoms with Gasteiger partial charge in [-0.25, -0.2) is 4.39 Å². The van der Waals surface area contributed by atoms with Gasteiger partial charge in [0.1, 0.15) is 5.82 Å². The molecule has 1 aliphatic carbocycles. The highest BCUT2D eigenvalue weighted by Gasteiger charge is 2.24. The largest absolute Gasteiger partial charge is 0.269 e. The van der Waals surface area contributed by atoms with Crippen molar-refractivity contribution in [1.29, 1.82) is 0 Å². The first-order chi connectivity index (χ1) is 7.33. The second-order valence-corrected chi connectivity index (χ2v) is 3.92. The van der Waals surface area contributed by atoms with Crippen molar-refractivity contribution >= 4 is 0 Å². The number of aromatic nitrogens is 2. The zero-order chi connectivity index (χ0) is 10.3. The maximum absolute atomic E-state index is 12.7. The second kappa shape index (κ2) is 3.19. The van der Waals surface area contributed by atoms with Crippen LogP contribution in [0.4, 0.5) is 4.39 Å². The summed E-state index contributed by atoms with van der Waals surface area (Å²) in [6, 6.07) is 9.02. The molecule has 2 aromatic rings. The Hall–Kier alpha value is -1.64. The van der Waals surface area contributed by atoms with Crippen molar-refractivity contribution < 1.29 is 4.39 Å². The molecular weight excluding hydrogens is 191 g/mol. The smallest absolute Gasteiger partial charge is 0.123 e. The number of hydrogen-bond acceptors (Lipinski definition) is 1. The topological polar surface area (TPSA) is 17.8 Å². The summed E-state index contributed by atoms with van der Waals surface area (Å²) >= 11 is 0. The Kier molecular flexibility index (Phi) is 1.84. The fourth-order valence-corrected chi connectivity index (χ4v) is 1.66. The number of hydrogen-bond donors (Lipinski definition) is 0. The van der Waals surface area contributed by atoms with Gasteiger partial charge in [0.05, 0.1) is 11.7 Å². The zero-order valence-electron chi connectivity index (χ0n) is 8.23. The van der Waals surface area contributed by atoms with Gasteiger partial charge in [0, 0.05) is 11.8 Å². The minimum absolute atomic E-state index is 0.208. The van der Waals surface area contributed by atoms with Crippen molar-refractivity contribution in [2.45, 2.75) is 18.9 Å². The van der Waals surface area contributed by atoms with Gasteiger partial charge in [0.25, 0.3) is 0 Å². The second-order valence-electron chi connectivity index (χ2n) is 3.92. The van der Waals surface area contributed by atoms with Gasteiger partial charge < -0.3 is 0 Å². The lowest BCUT2D eigenvalue weighted by atomic mass is 10.1. The molecular formula is C12H11FN2. The van der Waals surface area contributed by atoms with Crippen LogP contribution in [-0.4, -0.2) is 9.78 Å². The monoisotopic (exact) mass is 202 g/mol. The number of benzene rings is 1. The Labute approximate surface area is 87.4 Å². The molecule has 3 heteroatoms. The molecule has 15 heavy (non-hydrogen) atoms.